The lowest BCUT2D eigenvalue weighted by atomic mass is 9.98. The van der Waals surface area contributed by atoms with Crippen molar-refractivity contribution in [2.45, 2.75) is 50.2 Å². The van der Waals surface area contributed by atoms with Gasteiger partial charge in [-0.2, -0.15) is 0 Å². The predicted octanol–water partition coefficient (Wildman–Crippen LogP) is 3.94. The summed E-state index contributed by atoms with van der Waals surface area (Å²) in [5, 5.41) is 10.3. The molecule has 7 nitrogen and oxygen atoms in total. The van der Waals surface area contributed by atoms with E-state index >= 15 is 0 Å². The van der Waals surface area contributed by atoms with Crippen molar-refractivity contribution in [3.63, 3.8) is 0 Å². The van der Waals surface area contributed by atoms with Gasteiger partial charge in [0.05, 0.1) is 26.4 Å². The second-order valence-electron chi connectivity index (χ2n) is 9.03. The third-order valence-corrected chi connectivity index (χ3v) is 6.37. The minimum atomic E-state index is -1.86. The van der Waals surface area contributed by atoms with Crippen LogP contribution in [-0.4, -0.2) is 47.9 Å². The Morgan fingerprint density at radius 3 is 1.86 bits per heavy atom. The lowest BCUT2D eigenvalue weighted by Crippen LogP contribution is -2.56. The summed E-state index contributed by atoms with van der Waals surface area (Å²) < 4.78 is 30.7. The molecule has 1 saturated heterocycles. The van der Waals surface area contributed by atoms with Gasteiger partial charge in [-0.25, -0.2) is 0 Å². The summed E-state index contributed by atoms with van der Waals surface area (Å²) in [6.45, 7) is 0.984. The molecule has 2 aliphatic heterocycles. The molecule has 1 N–H and O–H groups in total. The lowest BCUT2D eigenvalue weighted by molar-refractivity contribution is -0.295. The molecule has 3 aromatic carbocycles. The van der Waals surface area contributed by atoms with Crippen molar-refractivity contribution in [3.05, 3.63) is 120 Å². The molecule has 0 unspecified atom stereocenters. The number of rotatable bonds is 10. The fourth-order valence-corrected chi connectivity index (χ4v) is 4.55. The van der Waals surface area contributed by atoms with Crippen LogP contribution in [0.3, 0.4) is 0 Å². The average Bonchev–Trinajstić information content (AvgIpc) is 3.22. The Labute approximate surface area is 216 Å². The molecule has 5 rings (SSSR count). The van der Waals surface area contributed by atoms with Crippen molar-refractivity contribution in [3.8, 4) is 0 Å². The summed E-state index contributed by atoms with van der Waals surface area (Å²) in [5.41, 5.74) is 2.89. The molecule has 5 atom stereocenters. The Balaban J connectivity index is 1.40. The monoisotopic (exact) mass is 502 g/mol. The van der Waals surface area contributed by atoms with Gasteiger partial charge in [-0.05, 0) is 28.8 Å². The van der Waals surface area contributed by atoms with Crippen LogP contribution in [-0.2, 0) is 48.3 Å². The molecule has 0 aromatic heterocycles. The zero-order chi connectivity index (χ0) is 25.5. The zero-order valence-corrected chi connectivity index (χ0v) is 20.3. The normalized spacial score (nSPS) is 27.1. The third-order valence-electron chi connectivity index (χ3n) is 6.37. The number of hydrogen-bond acceptors (Lipinski definition) is 7. The van der Waals surface area contributed by atoms with E-state index in [9.17, 15) is 9.90 Å². The summed E-state index contributed by atoms with van der Waals surface area (Å²) in [6.07, 6.45) is -1.11. The smallest absolute Gasteiger partial charge is 0.265 e. The number of ether oxygens (including phenoxy) is 5. The lowest BCUT2D eigenvalue weighted by Gasteiger charge is -2.36. The minimum absolute atomic E-state index is 0.137. The van der Waals surface area contributed by atoms with Gasteiger partial charge in [0.2, 0.25) is 5.78 Å². The van der Waals surface area contributed by atoms with Crippen LogP contribution in [0.1, 0.15) is 16.7 Å². The van der Waals surface area contributed by atoms with Crippen LogP contribution in [0, 0.1) is 0 Å². The van der Waals surface area contributed by atoms with Gasteiger partial charge >= 0.3 is 0 Å². The summed E-state index contributed by atoms with van der Waals surface area (Å²) in [7, 11) is 0. The standard InChI is InChI=1S/C30H30O7/c31-26-16-17-27(32)37-30(26)29(35-20-24-14-8-3-9-15-24)28(34-19-23-12-6-2-7-13-23)25(36-30)21-33-18-22-10-4-1-5-11-22/h1-17,25,27-29,32H,18-21H2/t25-,27+,28-,29-,30-/m1/s1. The molecule has 2 aliphatic rings. The molecular weight excluding hydrogens is 472 g/mol. The molecule has 0 radical (unpaired) electrons. The first-order valence-electron chi connectivity index (χ1n) is 12.3. The second kappa shape index (κ2) is 11.9. The van der Waals surface area contributed by atoms with Gasteiger partial charge in [-0.3, -0.25) is 4.79 Å². The van der Waals surface area contributed by atoms with E-state index in [0.29, 0.717) is 6.61 Å². The van der Waals surface area contributed by atoms with Gasteiger partial charge in [-0.1, -0.05) is 91.0 Å². The Hall–Kier alpha value is -3.17. The first-order valence-corrected chi connectivity index (χ1v) is 12.3. The van der Waals surface area contributed by atoms with Crippen LogP contribution >= 0.6 is 0 Å². The molecule has 1 spiro atoms. The Bertz CT molecular complexity index is 1170. The van der Waals surface area contributed by atoms with Crippen LogP contribution in [0.25, 0.3) is 0 Å². The molecule has 1 fully saturated rings. The summed E-state index contributed by atoms with van der Waals surface area (Å²) >= 11 is 0. The van der Waals surface area contributed by atoms with Crippen molar-refractivity contribution in [2.24, 2.45) is 0 Å². The van der Waals surface area contributed by atoms with Crippen LogP contribution in [0.15, 0.2) is 103 Å². The maximum atomic E-state index is 13.2. The predicted molar refractivity (Wildman–Crippen MR) is 135 cm³/mol. The number of ketones is 1. The van der Waals surface area contributed by atoms with Crippen LogP contribution < -0.4 is 0 Å². The SMILES string of the molecule is O=C1C=C[C@@H](O)O[C@]12O[C@H](COCc1ccccc1)[C@@H](OCc1ccccc1)[C@H]2OCc1ccccc1. The molecule has 192 valence electrons. The van der Waals surface area contributed by atoms with Crippen LogP contribution in [0.2, 0.25) is 0 Å². The highest BCUT2D eigenvalue weighted by atomic mass is 16.8. The Kier molecular flexibility index (Phi) is 8.21. The van der Waals surface area contributed by atoms with Gasteiger partial charge in [-0.15, -0.1) is 0 Å². The average molecular weight is 503 g/mol. The molecule has 7 heteroatoms. The van der Waals surface area contributed by atoms with Crippen molar-refractivity contribution >= 4 is 5.78 Å². The fraction of sp³-hybridized carbons (Fsp3) is 0.300. The number of hydrogen-bond donors (Lipinski definition) is 1. The van der Waals surface area contributed by atoms with E-state index < -0.39 is 36.2 Å². The number of carbonyl (C=O) groups is 1. The molecule has 0 aliphatic carbocycles. The number of benzene rings is 3. The quantitative estimate of drug-likeness (QED) is 0.450. The van der Waals surface area contributed by atoms with E-state index in [1.165, 1.54) is 12.2 Å². The summed E-state index contributed by atoms with van der Waals surface area (Å²) in [4.78, 5) is 13.2. The maximum Gasteiger partial charge on any atom is 0.265 e. The van der Waals surface area contributed by atoms with Crippen molar-refractivity contribution in [1.82, 2.24) is 0 Å². The minimum Gasteiger partial charge on any atom is -0.374 e. The largest absolute Gasteiger partial charge is 0.374 e. The zero-order valence-electron chi connectivity index (χ0n) is 20.3. The van der Waals surface area contributed by atoms with Gasteiger partial charge in [0.1, 0.15) is 18.3 Å². The van der Waals surface area contributed by atoms with E-state index in [0.717, 1.165) is 16.7 Å². The van der Waals surface area contributed by atoms with E-state index in [1.807, 2.05) is 91.0 Å². The fourth-order valence-electron chi connectivity index (χ4n) is 4.55. The molecule has 2 heterocycles. The number of aliphatic hydroxyl groups excluding tert-OH is 1. The van der Waals surface area contributed by atoms with E-state index in [1.54, 1.807) is 0 Å². The Morgan fingerprint density at radius 2 is 1.27 bits per heavy atom. The van der Waals surface area contributed by atoms with Crippen LogP contribution in [0.4, 0.5) is 0 Å². The number of carbonyl (C=O) groups excluding carboxylic acids is 1. The molecule has 0 amide bonds. The highest BCUT2D eigenvalue weighted by Crippen LogP contribution is 2.41. The van der Waals surface area contributed by atoms with Gasteiger partial charge in [0, 0.05) is 0 Å². The first-order chi connectivity index (χ1) is 18.1. The first kappa shape index (κ1) is 25.5. The highest BCUT2D eigenvalue weighted by Gasteiger charge is 2.63. The molecule has 0 bridgehead atoms. The van der Waals surface area contributed by atoms with Crippen molar-refractivity contribution in [1.29, 1.82) is 0 Å². The van der Waals surface area contributed by atoms with Gasteiger partial charge in [0.25, 0.3) is 5.79 Å². The summed E-state index contributed by atoms with van der Waals surface area (Å²) in [5.74, 6) is -2.31. The van der Waals surface area contributed by atoms with Gasteiger partial charge < -0.3 is 28.8 Å². The molecule has 37 heavy (non-hydrogen) atoms. The Morgan fingerprint density at radius 1 is 0.730 bits per heavy atom. The van der Waals surface area contributed by atoms with Crippen LogP contribution in [0.5, 0.6) is 0 Å². The molecule has 3 aromatic rings. The van der Waals surface area contributed by atoms with Gasteiger partial charge in [0.15, 0.2) is 6.29 Å². The third kappa shape index (κ3) is 6.05. The maximum absolute atomic E-state index is 13.2. The molecule has 0 saturated carbocycles. The van der Waals surface area contributed by atoms with E-state index in [2.05, 4.69) is 0 Å². The molecular formula is C30H30O7. The topological polar surface area (TPSA) is 83.5 Å². The van der Waals surface area contributed by atoms with Crippen molar-refractivity contribution in [2.75, 3.05) is 6.61 Å². The second-order valence-corrected chi connectivity index (χ2v) is 9.03. The van der Waals surface area contributed by atoms with E-state index in [4.69, 9.17) is 23.7 Å². The summed E-state index contributed by atoms with van der Waals surface area (Å²) in [6, 6.07) is 29.1. The number of aliphatic hydroxyl groups is 1. The van der Waals surface area contributed by atoms with Crippen molar-refractivity contribution < 1.29 is 33.6 Å². The highest BCUT2D eigenvalue weighted by molar-refractivity contribution is 5.97. The van der Waals surface area contributed by atoms with E-state index in [-0.39, 0.29) is 19.8 Å².